The summed E-state index contributed by atoms with van der Waals surface area (Å²) in [7, 11) is 0. The molecule has 0 unspecified atom stereocenters. The maximum atomic E-state index is 9.26. The Kier molecular flexibility index (Phi) is 2.91. The molecule has 0 radical (unpaired) electrons. The van der Waals surface area contributed by atoms with Crippen LogP contribution in [0.25, 0.3) is 10.1 Å². The van der Waals surface area contributed by atoms with E-state index in [9.17, 15) is 5.11 Å². The Labute approximate surface area is 95.5 Å². The van der Waals surface area contributed by atoms with E-state index in [1.165, 1.54) is 20.5 Å². The van der Waals surface area contributed by atoms with Crippen molar-refractivity contribution in [3.63, 3.8) is 0 Å². The molecule has 0 aliphatic rings. The van der Waals surface area contributed by atoms with Gasteiger partial charge in [-0.05, 0) is 35.6 Å². The first-order valence-electron chi connectivity index (χ1n) is 4.43. The Bertz CT molecular complexity index is 462. The van der Waals surface area contributed by atoms with Gasteiger partial charge in [0.15, 0.2) is 0 Å². The van der Waals surface area contributed by atoms with E-state index in [1.54, 1.807) is 11.3 Å². The van der Waals surface area contributed by atoms with Gasteiger partial charge in [-0.15, -0.1) is 11.3 Å². The van der Waals surface area contributed by atoms with Crippen molar-refractivity contribution in [1.82, 2.24) is 0 Å². The van der Waals surface area contributed by atoms with Crippen molar-refractivity contribution < 1.29 is 5.11 Å². The summed E-state index contributed by atoms with van der Waals surface area (Å²) < 4.78 is 1.22. The highest BCUT2D eigenvalue weighted by atomic mass is 79.9. The van der Waals surface area contributed by atoms with Crippen LogP contribution >= 0.6 is 27.3 Å². The van der Waals surface area contributed by atoms with E-state index in [2.05, 4.69) is 41.1 Å². The van der Waals surface area contributed by atoms with Gasteiger partial charge in [0.05, 0.1) is 6.61 Å². The van der Waals surface area contributed by atoms with Gasteiger partial charge in [-0.2, -0.15) is 0 Å². The zero-order valence-electron chi connectivity index (χ0n) is 7.88. The Hall–Kier alpha value is -0.380. The summed E-state index contributed by atoms with van der Waals surface area (Å²) in [6, 6.07) is 6.41. The molecule has 2 aromatic rings. The third-order valence-electron chi connectivity index (χ3n) is 2.20. The number of rotatable bonds is 2. The van der Waals surface area contributed by atoms with Crippen LogP contribution in [0.4, 0.5) is 0 Å². The van der Waals surface area contributed by atoms with E-state index in [-0.39, 0.29) is 6.61 Å². The highest BCUT2D eigenvalue weighted by molar-refractivity contribution is 9.08. The van der Waals surface area contributed by atoms with Crippen LogP contribution in [-0.2, 0) is 11.9 Å². The molecule has 1 heterocycles. The van der Waals surface area contributed by atoms with Crippen LogP contribution in [0.5, 0.6) is 0 Å². The van der Waals surface area contributed by atoms with Crippen molar-refractivity contribution in [3.8, 4) is 0 Å². The van der Waals surface area contributed by atoms with Crippen LogP contribution in [-0.4, -0.2) is 5.11 Å². The fourth-order valence-electron chi connectivity index (χ4n) is 1.62. The summed E-state index contributed by atoms with van der Waals surface area (Å²) in [5, 5.41) is 11.3. The van der Waals surface area contributed by atoms with Crippen molar-refractivity contribution in [2.45, 2.75) is 18.9 Å². The van der Waals surface area contributed by atoms with Gasteiger partial charge in [-0.25, -0.2) is 0 Å². The Morgan fingerprint density at radius 3 is 2.79 bits per heavy atom. The molecule has 0 aliphatic heterocycles. The third-order valence-corrected chi connectivity index (χ3v) is 3.99. The van der Waals surface area contributed by atoms with Gasteiger partial charge in [0.25, 0.3) is 0 Å². The number of hydrogen-bond donors (Lipinski definition) is 1. The molecule has 0 bridgehead atoms. The SMILES string of the molecule is Cc1cc2cc(CBr)cc(CO)c2s1. The van der Waals surface area contributed by atoms with Crippen molar-refractivity contribution >= 4 is 37.4 Å². The van der Waals surface area contributed by atoms with E-state index in [1.807, 2.05) is 0 Å². The number of aryl methyl sites for hydroxylation is 1. The molecule has 1 aromatic carbocycles. The predicted octanol–water partition coefficient (Wildman–Crippen LogP) is 3.60. The van der Waals surface area contributed by atoms with Gasteiger partial charge in [-0.1, -0.05) is 22.0 Å². The minimum atomic E-state index is 0.122. The number of aliphatic hydroxyl groups excluding tert-OH is 1. The van der Waals surface area contributed by atoms with Crippen molar-refractivity contribution in [1.29, 1.82) is 0 Å². The fourth-order valence-corrected chi connectivity index (χ4v) is 2.94. The minimum Gasteiger partial charge on any atom is -0.392 e. The highest BCUT2D eigenvalue weighted by Gasteiger charge is 2.05. The average Bonchev–Trinajstić information content (AvgIpc) is 2.56. The van der Waals surface area contributed by atoms with Gasteiger partial charge >= 0.3 is 0 Å². The lowest BCUT2D eigenvalue weighted by atomic mass is 10.1. The van der Waals surface area contributed by atoms with E-state index in [0.717, 1.165) is 10.9 Å². The van der Waals surface area contributed by atoms with Crippen LogP contribution in [0.15, 0.2) is 18.2 Å². The molecule has 0 spiro atoms. The number of halogens is 1. The fraction of sp³-hybridized carbons (Fsp3) is 0.273. The molecule has 1 N–H and O–H groups in total. The zero-order valence-corrected chi connectivity index (χ0v) is 10.3. The topological polar surface area (TPSA) is 20.2 Å². The Morgan fingerprint density at radius 1 is 1.36 bits per heavy atom. The molecule has 74 valence electrons. The maximum Gasteiger partial charge on any atom is 0.0695 e. The maximum absolute atomic E-state index is 9.26. The summed E-state index contributed by atoms with van der Waals surface area (Å²) >= 11 is 5.18. The number of aliphatic hydroxyl groups is 1. The summed E-state index contributed by atoms with van der Waals surface area (Å²) in [6.07, 6.45) is 0. The number of fused-ring (bicyclic) bond motifs is 1. The van der Waals surface area contributed by atoms with Crippen LogP contribution in [0.3, 0.4) is 0 Å². The van der Waals surface area contributed by atoms with Crippen LogP contribution in [0.2, 0.25) is 0 Å². The quantitative estimate of drug-likeness (QED) is 0.827. The van der Waals surface area contributed by atoms with Crippen molar-refractivity contribution in [3.05, 3.63) is 34.2 Å². The molecule has 0 amide bonds. The van der Waals surface area contributed by atoms with E-state index < -0.39 is 0 Å². The number of hydrogen-bond acceptors (Lipinski definition) is 2. The molecule has 14 heavy (non-hydrogen) atoms. The minimum absolute atomic E-state index is 0.122. The molecule has 0 aliphatic carbocycles. The second-order valence-electron chi connectivity index (χ2n) is 3.32. The molecule has 3 heteroatoms. The van der Waals surface area contributed by atoms with Gasteiger partial charge in [0.1, 0.15) is 0 Å². The summed E-state index contributed by atoms with van der Waals surface area (Å²) in [5.74, 6) is 0. The second-order valence-corrected chi connectivity index (χ2v) is 5.14. The average molecular weight is 271 g/mol. The first-order chi connectivity index (χ1) is 6.74. The second kappa shape index (κ2) is 4.01. The highest BCUT2D eigenvalue weighted by Crippen LogP contribution is 2.30. The smallest absolute Gasteiger partial charge is 0.0695 e. The van der Waals surface area contributed by atoms with Crippen LogP contribution in [0.1, 0.15) is 16.0 Å². The molecule has 1 aromatic heterocycles. The van der Waals surface area contributed by atoms with Gasteiger partial charge in [0, 0.05) is 14.9 Å². The first kappa shape index (κ1) is 10.1. The van der Waals surface area contributed by atoms with Crippen molar-refractivity contribution in [2.24, 2.45) is 0 Å². The van der Waals surface area contributed by atoms with Gasteiger partial charge < -0.3 is 5.11 Å². The molecule has 0 atom stereocenters. The number of alkyl halides is 1. The molecule has 1 nitrogen and oxygen atoms in total. The Morgan fingerprint density at radius 2 is 2.14 bits per heavy atom. The normalized spacial score (nSPS) is 11.1. The lowest BCUT2D eigenvalue weighted by molar-refractivity contribution is 0.283. The van der Waals surface area contributed by atoms with E-state index >= 15 is 0 Å². The summed E-state index contributed by atoms with van der Waals surface area (Å²) in [6.45, 7) is 2.22. The zero-order chi connectivity index (χ0) is 10.1. The number of thiophene rings is 1. The monoisotopic (exact) mass is 270 g/mol. The molecule has 0 saturated carbocycles. The largest absolute Gasteiger partial charge is 0.392 e. The Balaban J connectivity index is 2.72. The standard InChI is InChI=1S/C11H11BrOS/c1-7-2-9-3-8(5-12)4-10(6-13)11(9)14-7/h2-4,13H,5-6H2,1H3. The lowest BCUT2D eigenvalue weighted by Gasteiger charge is -2.02. The summed E-state index contributed by atoms with van der Waals surface area (Å²) in [5.41, 5.74) is 2.26. The van der Waals surface area contributed by atoms with E-state index in [0.29, 0.717) is 0 Å². The third kappa shape index (κ3) is 1.72. The molecule has 0 fully saturated rings. The molecular weight excluding hydrogens is 260 g/mol. The van der Waals surface area contributed by atoms with Crippen LogP contribution in [0, 0.1) is 6.92 Å². The van der Waals surface area contributed by atoms with E-state index in [4.69, 9.17) is 0 Å². The molecule has 2 rings (SSSR count). The number of benzene rings is 1. The first-order valence-corrected chi connectivity index (χ1v) is 6.37. The molecular formula is C11H11BrOS. The predicted molar refractivity (Wildman–Crippen MR) is 65.1 cm³/mol. The van der Waals surface area contributed by atoms with Gasteiger partial charge in [-0.3, -0.25) is 0 Å². The lowest BCUT2D eigenvalue weighted by Crippen LogP contribution is -1.86. The summed E-state index contributed by atoms with van der Waals surface area (Å²) in [4.78, 5) is 1.29. The van der Waals surface area contributed by atoms with Gasteiger partial charge in [0.2, 0.25) is 0 Å². The molecule has 0 saturated heterocycles. The van der Waals surface area contributed by atoms with Crippen molar-refractivity contribution in [2.75, 3.05) is 0 Å². The van der Waals surface area contributed by atoms with Crippen LogP contribution < -0.4 is 0 Å².